The number of rotatable bonds is 3. The zero-order valence-corrected chi connectivity index (χ0v) is 11.8. The van der Waals surface area contributed by atoms with Gasteiger partial charge in [-0.05, 0) is 54.2 Å². The van der Waals surface area contributed by atoms with Crippen LogP contribution in [-0.2, 0) is 19.5 Å². The van der Waals surface area contributed by atoms with Crippen LogP contribution in [-0.4, -0.2) is 13.6 Å². The molecule has 19 heavy (non-hydrogen) atoms. The first kappa shape index (κ1) is 12.6. The lowest BCUT2D eigenvalue weighted by molar-refractivity contribution is 0.621. The molecular weight excluding hydrogens is 259 g/mol. The van der Waals surface area contributed by atoms with Crippen molar-refractivity contribution in [2.75, 3.05) is 18.5 Å². The summed E-state index contributed by atoms with van der Waals surface area (Å²) in [4.78, 5) is 3.74. The molecule has 100 valence electrons. The first-order chi connectivity index (χ1) is 9.26. The van der Waals surface area contributed by atoms with Crippen molar-refractivity contribution in [3.05, 3.63) is 51.5 Å². The van der Waals surface area contributed by atoms with Crippen LogP contribution in [0, 0.1) is 5.82 Å². The van der Waals surface area contributed by atoms with Crippen LogP contribution in [0.25, 0.3) is 0 Å². The van der Waals surface area contributed by atoms with Gasteiger partial charge in [0.2, 0.25) is 0 Å². The van der Waals surface area contributed by atoms with E-state index in [4.69, 9.17) is 0 Å². The largest absolute Gasteiger partial charge is 0.367 e. The average molecular weight is 276 g/mol. The summed E-state index contributed by atoms with van der Waals surface area (Å²) < 4.78 is 13.7. The predicted molar refractivity (Wildman–Crippen MR) is 78.2 cm³/mol. The van der Waals surface area contributed by atoms with Gasteiger partial charge in [0, 0.05) is 30.2 Å². The van der Waals surface area contributed by atoms with E-state index in [1.807, 2.05) is 18.4 Å². The van der Waals surface area contributed by atoms with Crippen molar-refractivity contribution in [1.29, 1.82) is 0 Å². The van der Waals surface area contributed by atoms with E-state index in [0.717, 1.165) is 30.8 Å². The molecule has 2 heterocycles. The highest BCUT2D eigenvalue weighted by atomic mass is 32.1. The number of fused-ring (bicyclic) bond motifs is 1. The lowest BCUT2D eigenvalue weighted by atomic mass is 10.1. The van der Waals surface area contributed by atoms with Gasteiger partial charge in [-0.25, -0.2) is 4.39 Å². The van der Waals surface area contributed by atoms with Gasteiger partial charge in [-0.3, -0.25) is 0 Å². The average Bonchev–Trinajstić information content (AvgIpc) is 2.85. The number of benzene rings is 1. The zero-order chi connectivity index (χ0) is 13.2. The minimum Gasteiger partial charge on any atom is -0.367 e. The van der Waals surface area contributed by atoms with Gasteiger partial charge in [-0.2, -0.15) is 0 Å². The summed E-state index contributed by atoms with van der Waals surface area (Å²) >= 11 is 1.83. The third-order valence-electron chi connectivity index (χ3n) is 3.50. The Bertz CT molecular complexity index is 579. The van der Waals surface area contributed by atoms with Crippen molar-refractivity contribution in [2.24, 2.45) is 0 Å². The van der Waals surface area contributed by atoms with Crippen molar-refractivity contribution >= 4 is 17.0 Å². The van der Waals surface area contributed by atoms with Crippen LogP contribution in [0.5, 0.6) is 0 Å². The Kier molecular flexibility index (Phi) is 3.53. The molecule has 2 aromatic rings. The van der Waals surface area contributed by atoms with Crippen LogP contribution in [0.4, 0.5) is 10.1 Å². The summed E-state index contributed by atoms with van der Waals surface area (Å²) in [7, 11) is 1.88. The van der Waals surface area contributed by atoms with Crippen LogP contribution >= 0.6 is 11.3 Å². The smallest absolute Gasteiger partial charge is 0.125 e. The fraction of sp³-hybridized carbons (Fsp3) is 0.333. The molecule has 4 heteroatoms. The van der Waals surface area contributed by atoms with Crippen LogP contribution in [0.2, 0.25) is 0 Å². The Labute approximate surface area is 116 Å². The van der Waals surface area contributed by atoms with Gasteiger partial charge in [-0.1, -0.05) is 0 Å². The second-order valence-electron chi connectivity index (χ2n) is 4.89. The molecule has 0 radical (unpaired) electrons. The molecule has 2 nitrogen and oxygen atoms in total. The highest BCUT2D eigenvalue weighted by Gasteiger charge is 2.18. The molecule has 0 unspecified atom stereocenters. The first-order valence-corrected chi connectivity index (χ1v) is 7.38. The molecule has 1 N–H and O–H groups in total. The molecular formula is C15H17FN2S. The van der Waals surface area contributed by atoms with Crippen molar-refractivity contribution in [3.8, 4) is 0 Å². The number of nitrogens with one attached hydrogen (secondary N) is 1. The van der Waals surface area contributed by atoms with E-state index in [-0.39, 0.29) is 5.82 Å². The highest BCUT2D eigenvalue weighted by Crippen LogP contribution is 2.28. The molecule has 1 aliphatic rings. The van der Waals surface area contributed by atoms with E-state index in [2.05, 4.69) is 27.7 Å². The highest BCUT2D eigenvalue weighted by molar-refractivity contribution is 7.10. The summed E-state index contributed by atoms with van der Waals surface area (Å²) in [5.41, 5.74) is 3.37. The maximum absolute atomic E-state index is 13.7. The van der Waals surface area contributed by atoms with Crippen molar-refractivity contribution in [1.82, 2.24) is 5.32 Å². The summed E-state index contributed by atoms with van der Waals surface area (Å²) in [6, 6.07) is 7.49. The lowest BCUT2D eigenvalue weighted by Crippen LogP contribution is -2.29. The zero-order valence-electron chi connectivity index (χ0n) is 10.9. The van der Waals surface area contributed by atoms with Crippen molar-refractivity contribution in [2.45, 2.75) is 19.5 Å². The van der Waals surface area contributed by atoms with E-state index in [1.165, 1.54) is 10.4 Å². The van der Waals surface area contributed by atoms with Gasteiger partial charge in [-0.15, -0.1) is 11.3 Å². The SMILES string of the molecule is CNCc1cc(F)cc(N2CCc3sccc3C2)c1. The molecule has 0 saturated heterocycles. The van der Waals surface area contributed by atoms with Crippen molar-refractivity contribution < 1.29 is 4.39 Å². The topological polar surface area (TPSA) is 15.3 Å². The predicted octanol–water partition coefficient (Wildman–Crippen LogP) is 3.17. The fourth-order valence-corrected chi connectivity index (χ4v) is 3.48. The molecule has 0 atom stereocenters. The Hall–Kier alpha value is -1.39. The van der Waals surface area contributed by atoms with Crippen LogP contribution in [0.3, 0.4) is 0 Å². The third kappa shape index (κ3) is 2.65. The number of nitrogens with zero attached hydrogens (tertiary/aromatic N) is 1. The number of anilines is 1. The number of hydrogen-bond donors (Lipinski definition) is 1. The molecule has 1 aromatic carbocycles. The maximum Gasteiger partial charge on any atom is 0.125 e. The molecule has 0 bridgehead atoms. The van der Waals surface area contributed by atoms with E-state index < -0.39 is 0 Å². The van der Waals surface area contributed by atoms with E-state index in [0.29, 0.717) is 6.54 Å². The monoisotopic (exact) mass is 276 g/mol. The van der Waals surface area contributed by atoms with E-state index >= 15 is 0 Å². The Morgan fingerprint density at radius 1 is 1.37 bits per heavy atom. The van der Waals surface area contributed by atoms with Gasteiger partial charge < -0.3 is 10.2 Å². The van der Waals surface area contributed by atoms with Gasteiger partial charge in [0.15, 0.2) is 0 Å². The first-order valence-electron chi connectivity index (χ1n) is 6.50. The second-order valence-corrected chi connectivity index (χ2v) is 5.89. The summed E-state index contributed by atoms with van der Waals surface area (Å²) in [5.74, 6) is -0.154. The molecule has 0 amide bonds. The molecule has 0 spiro atoms. The fourth-order valence-electron chi connectivity index (χ4n) is 2.59. The maximum atomic E-state index is 13.7. The van der Waals surface area contributed by atoms with E-state index in [9.17, 15) is 4.39 Å². The second kappa shape index (κ2) is 5.31. The van der Waals surface area contributed by atoms with Gasteiger partial charge in [0.05, 0.1) is 0 Å². The quantitative estimate of drug-likeness (QED) is 0.926. The standard InChI is InChI=1S/C15H17FN2S/c1-17-9-11-6-13(16)8-14(7-11)18-4-2-15-12(10-18)3-5-19-15/h3,5-8,17H,2,4,9-10H2,1H3. The molecule has 1 aromatic heterocycles. The Morgan fingerprint density at radius 2 is 2.26 bits per heavy atom. The van der Waals surface area contributed by atoms with Gasteiger partial charge >= 0.3 is 0 Å². The minimum atomic E-state index is -0.154. The van der Waals surface area contributed by atoms with Gasteiger partial charge in [0.1, 0.15) is 5.82 Å². The van der Waals surface area contributed by atoms with Crippen LogP contribution < -0.4 is 10.2 Å². The van der Waals surface area contributed by atoms with Gasteiger partial charge in [0.25, 0.3) is 0 Å². The molecule has 1 aliphatic heterocycles. The van der Waals surface area contributed by atoms with Crippen molar-refractivity contribution in [3.63, 3.8) is 0 Å². The number of thiophene rings is 1. The number of halogens is 1. The molecule has 0 fully saturated rings. The lowest BCUT2D eigenvalue weighted by Gasteiger charge is -2.29. The summed E-state index contributed by atoms with van der Waals surface area (Å²) in [6.07, 6.45) is 1.06. The molecule has 3 rings (SSSR count). The normalized spacial score (nSPS) is 14.5. The summed E-state index contributed by atoms with van der Waals surface area (Å²) in [5, 5.41) is 5.21. The Morgan fingerprint density at radius 3 is 3.11 bits per heavy atom. The van der Waals surface area contributed by atoms with Crippen LogP contribution in [0.1, 0.15) is 16.0 Å². The number of hydrogen-bond acceptors (Lipinski definition) is 3. The minimum absolute atomic E-state index is 0.154. The van der Waals surface area contributed by atoms with Crippen LogP contribution in [0.15, 0.2) is 29.6 Å². The molecule has 0 aliphatic carbocycles. The van der Waals surface area contributed by atoms with E-state index in [1.54, 1.807) is 12.1 Å². The Balaban J connectivity index is 1.87. The molecule has 0 saturated carbocycles. The summed E-state index contributed by atoms with van der Waals surface area (Å²) in [6.45, 7) is 2.56. The third-order valence-corrected chi connectivity index (χ3v) is 4.52.